The van der Waals surface area contributed by atoms with E-state index in [-0.39, 0.29) is 35.4 Å². The molecule has 2 bridgehead atoms. The van der Waals surface area contributed by atoms with E-state index in [4.69, 9.17) is 0 Å². The van der Waals surface area contributed by atoms with Crippen LogP contribution in [0.3, 0.4) is 0 Å². The normalized spacial score (nSPS) is 22.4. The van der Waals surface area contributed by atoms with Gasteiger partial charge in [-0.1, -0.05) is 0 Å². The molecule has 5 heterocycles. The molecule has 0 radical (unpaired) electrons. The first-order valence-electron chi connectivity index (χ1n) is 10.6. The van der Waals surface area contributed by atoms with Crippen molar-refractivity contribution in [2.75, 3.05) is 11.9 Å². The maximum atomic E-state index is 13.6. The summed E-state index contributed by atoms with van der Waals surface area (Å²) in [7, 11) is 0. The Morgan fingerprint density at radius 2 is 1.91 bits per heavy atom. The number of pyridine rings is 1. The van der Waals surface area contributed by atoms with Crippen molar-refractivity contribution in [1.29, 1.82) is 0 Å². The van der Waals surface area contributed by atoms with E-state index in [2.05, 4.69) is 30.5 Å². The van der Waals surface area contributed by atoms with Crippen LogP contribution in [0.15, 0.2) is 36.9 Å². The van der Waals surface area contributed by atoms with Gasteiger partial charge in [0.2, 0.25) is 0 Å². The third-order valence-electron chi connectivity index (χ3n) is 6.16. The molecule has 2 saturated heterocycles. The SMILES string of the molecule is Cc1ccc(-n2nccn2)c(C(=O)N2C[C@@H]3CC[C@H]2[C@H](Nc2cnc(C(F)(F)F)cn2)C3)n1. The number of anilines is 1. The first-order chi connectivity index (χ1) is 15.8. The smallest absolute Gasteiger partial charge is 0.364 e. The standard InChI is InChI=1S/C21H21F3N8O/c1-12-2-4-16(32-27-6-7-28-32)19(29-12)20(33)31-11-13-3-5-15(31)14(8-13)30-18-10-25-17(9-26-18)21(22,23)24/h2,4,6-7,9-10,13-15H,3,5,8,11H2,1H3,(H,26,30)/t13-,14-,15+/m1/s1. The van der Waals surface area contributed by atoms with Crippen LogP contribution in [0.25, 0.3) is 5.69 Å². The molecule has 3 fully saturated rings. The van der Waals surface area contributed by atoms with Crippen molar-refractivity contribution in [1.82, 2.24) is 34.8 Å². The number of carbonyl (C=O) groups excluding carboxylic acids is 1. The van der Waals surface area contributed by atoms with Gasteiger partial charge < -0.3 is 10.2 Å². The fourth-order valence-electron chi connectivity index (χ4n) is 4.67. The monoisotopic (exact) mass is 458 g/mol. The number of alkyl halides is 3. The lowest BCUT2D eigenvalue weighted by molar-refractivity contribution is -0.141. The number of rotatable bonds is 4. The summed E-state index contributed by atoms with van der Waals surface area (Å²) in [6.07, 6.45) is 2.88. The number of fused-ring (bicyclic) bond motifs is 3. The summed E-state index contributed by atoms with van der Waals surface area (Å²) in [5, 5.41) is 11.5. The summed E-state index contributed by atoms with van der Waals surface area (Å²) in [6, 6.07) is 3.27. The third kappa shape index (κ3) is 4.12. The molecule has 3 atom stereocenters. The Hall–Kier alpha value is -3.57. The van der Waals surface area contributed by atoms with Crippen molar-refractivity contribution >= 4 is 11.7 Å². The molecule has 1 N–H and O–H groups in total. The van der Waals surface area contributed by atoms with E-state index in [1.54, 1.807) is 12.1 Å². The van der Waals surface area contributed by atoms with Crippen LogP contribution in [0.5, 0.6) is 0 Å². The summed E-state index contributed by atoms with van der Waals surface area (Å²) in [5.41, 5.74) is 0.424. The molecule has 0 aromatic carbocycles. The summed E-state index contributed by atoms with van der Waals surface area (Å²) in [6.45, 7) is 2.41. The second-order valence-electron chi connectivity index (χ2n) is 8.38. The van der Waals surface area contributed by atoms with Crippen molar-refractivity contribution in [3.05, 3.63) is 54.0 Å². The van der Waals surface area contributed by atoms with Crippen LogP contribution in [0.1, 0.15) is 41.1 Å². The molecule has 9 nitrogen and oxygen atoms in total. The van der Waals surface area contributed by atoms with E-state index in [1.165, 1.54) is 17.2 Å². The van der Waals surface area contributed by atoms with Crippen LogP contribution in [0.4, 0.5) is 19.0 Å². The van der Waals surface area contributed by atoms with Gasteiger partial charge in [-0.05, 0) is 44.2 Å². The minimum Gasteiger partial charge on any atom is -0.364 e. The third-order valence-corrected chi connectivity index (χ3v) is 6.16. The summed E-state index contributed by atoms with van der Waals surface area (Å²) >= 11 is 0. The fourth-order valence-corrected chi connectivity index (χ4v) is 4.67. The summed E-state index contributed by atoms with van der Waals surface area (Å²) in [4.78, 5) is 28.6. The molecule has 1 aliphatic carbocycles. The Bertz CT molecular complexity index is 1150. The Morgan fingerprint density at radius 3 is 2.58 bits per heavy atom. The van der Waals surface area contributed by atoms with Gasteiger partial charge in [-0.15, -0.1) is 4.80 Å². The van der Waals surface area contributed by atoms with Crippen LogP contribution in [0, 0.1) is 12.8 Å². The molecular weight excluding hydrogens is 437 g/mol. The molecular formula is C21H21F3N8O. The Labute approximate surface area is 187 Å². The second-order valence-corrected chi connectivity index (χ2v) is 8.38. The van der Waals surface area contributed by atoms with Crippen LogP contribution < -0.4 is 5.32 Å². The van der Waals surface area contributed by atoms with Gasteiger partial charge in [0, 0.05) is 18.3 Å². The van der Waals surface area contributed by atoms with E-state index in [0.29, 0.717) is 24.1 Å². The number of hydrogen-bond acceptors (Lipinski definition) is 7. The number of amides is 1. The highest BCUT2D eigenvalue weighted by molar-refractivity contribution is 5.96. The van der Waals surface area contributed by atoms with Gasteiger partial charge in [0.05, 0.1) is 30.8 Å². The van der Waals surface area contributed by atoms with Gasteiger partial charge in [-0.25, -0.2) is 15.0 Å². The van der Waals surface area contributed by atoms with E-state index in [0.717, 1.165) is 25.5 Å². The number of carbonyl (C=O) groups is 1. The zero-order valence-electron chi connectivity index (χ0n) is 17.7. The lowest BCUT2D eigenvalue weighted by atomic mass is 9.76. The molecule has 0 unspecified atom stereocenters. The predicted molar refractivity (Wildman–Crippen MR) is 111 cm³/mol. The molecule has 6 rings (SSSR count). The zero-order chi connectivity index (χ0) is 23.2. The van der Waals surface area contributed by atoms with Gasteiger partial charge in [-0.2, -0.15) is 23.4 Å². The first kappa shape index (κ1) is 21.3. The van der Waals surface area contributed by atoms with Gasteiger partial charge in [-0.3, -0.25) is 4.79 Å². The second kappa shape index (κ2) is 8.09. The van der Waals surface area contributed by atoms with E-state index in [9.17, 15) is 18.0 Å². The molecule has 0 spiro atoms. The summed E-state index contributed by atoms with van der Waals surface area (Å²) < 4.78 is 38.3. The number of nitrogens with zero attached hydrogens (tertiary/aromatic N) is 7. The highest BCUT2D eigenvalue weighted by atomic mass is 19.4. The number of halogens is 3. The lowest BCUT2D eigenvalue weighted by Gasteiger charge is -2.50. The molecule has 33 heavy (non-hydrogen) atoms. The number of aryl methyl sites for hydroxylation is 1. The number of aromatic nitrogens is 6. The van der Waals surface area contributed by atoms with Gasteiger partial charge in [0.15, 0.2) is 11.4 Å². The van der Waals surface area contributed by atoms with E-state index in [1.807, 2.05) is 11.8 Å². The topological polar surface area (TPSA) is 102 Å². The molecule has 2 aliphatic heterocycles. The molecule has 3 aliphatic rings. The van der Waals surface area contributed by atoms with Crippen molar-refractivity contribution in [2.24, 2.45) is 5.92 Å². The average Bonchev–Trinajstić information content (AvgIpc) is 3.33. The molecule has 1 amide bonds. The minimum absolute atomic E-state index is 0.146. The highest BCUT2D eigenvalue weighted by Crippen LogP contribution is 2.37. The molecule has 3 aromatic heterocycles. The predicted octanol–water partition coefficient (Wildman–Crippen LogP) is 2.88. The zero-order valence-corrected chi connectivity index (χ0v) is 17.7. The number of nitrogens with one attached hydrogen (secondary N) is 1. The maximum absolute atomic E-state index is 13.6. The van der Waals surface area contributed by atoms with Crippen molar-refractivity contribution in [2.45, 2.75) is 44.4 Å². The van der Waals surface area contributed by atoms with Gasteiger partial charge in [0.1, 0.15) is 11.5 Å². The van der Waals surface area contributed by atoms with Crippen LogP contribution in [-0.4, -0.2) is 59.4 Å². The van der Waals surface area contributed by atoms with Crippen molar-refractivity contribution < 1.29 is 18.0 Å². The Kier molecular flexibility index (Phi) is 5.22. The number of piperidine rings is 2. The first-order valence-corrected chi connectivity index (χ1v) is 10.6. The number of hydrogen-bond donors (Lipinski definition) is 1. The minimum atomic E-state index is -4.54. The largest absolute Gasteiger partial charge is 0.434 e. The molecule has 1 saturated carbocycles. The molecule has 172 valence electrons. The lowest BCUT2D eigenvalue weighted by Crippen LogP contribution is -2.60. The quantitative estimate of drug-likeness (QED) is 0.642. The van der Waals surface area contributed by atoms with Crippen LogP contribution >= 0.6 is 0 Å². The van der Waals surface area contributed by atoms with Crippen LogP contribution in [-0.2, 0) is 6.18 Å². The Morgan fingerprint density at radius 1 is 1.12 bits per heavy atom. The van der Waals surface area contributed by atoms with Crippen molar-refractivity contribution in [3.63, 3.8) is 0 Å². The van der Waals surface area contributed by atoms with Crippen molar-refractivity contribution in [3.8, 4) is 5.69 Å². The fraction of sp³-hybridized carbons (Fsp3) is 0.429. The summed E-state index contributed by atoms with van der Waals surface area (Å²) in [5.74, 6) is 0.309. The molecule has 12 heteroatoms. The maximum Gasteiger partial charge on any atom is 0.434 e. The highest BCUT2D eigenvalue weighted by Gasteiger charge is 2.44. The Balaban J connectivity index is 1.39. The molecule has 3 aromatic rings. The average molecular weight is 458 g/mol. The van der Waals surface area contributed by atoms with E-state index >= 15 is 0 Å². The van der Waals surface area contributed by atoms with E-state index < -0.39 is 11.9 Å². The van der Waals surface area contributed by atoms with Crippen LogP contribution in [0.2, 0.25) is 0 Å². The van der Waals surface area contributed by atoms with Gasteiger partial charge in [0.25, 0.3) is 5.91 Å². The van der Waals surface area contributed by atoms with Gasteiger partial charge >= 0.3 is 6.18 Å².